The number of halogens is 2. The number of hydrogen-bond acceptors (Lipinski definition) is 3. The molecule has 0 amide bonds. The van der Waals surface area contributed by atoms with Crippen molar-refractivity contribution in [3.05, 3.63) is 59.7 Å². The molecule has 0 heterocycles. The predicted octanol–water partition coefficient (Wildman–Crippen LogP) is 2.97. The van der Waals surface area contributed by atoms with Gasteiger partial charge in [-0.1, -0.05) is 18.2 Å². The van der Waals surface area contributed by atoms with Crippen LogP contribution in [0.25, 0.3) is 0 Å². The Morgan fingerprint density at radius 3 is 2.43 bits per heavy atom. The molecule has 2 aromatic carbocycles. The van der Waals surface area contributed by atoms with E-state index in [9.17, 15) is 17.2 Å². The van der Waals surface area contributed by atoms with Crippen molar-refractivity contribution in [3.63, 3.8) is 0 Å². The lowest BCUT2D eigenvalue weighted by Gasteiger charge is -2.18. The molecule has 0 atom stereocenters. The molecule has 0 bridgehead atoms. The van der Waals surface area contributed by atoms with E-state index in [-0.39, 0.29) is 18.0 Å². The van der Waals surface area contributed by atoms with Crippen LogP contribution < -0.4 is 4.74 Å². The molecule has 0 radical (unpaired) electrons. The normalized spacial score (nSPS) is 11.7. The molecule has 0 aliphatic heterocycles. The first-order valence-electron chi connectivity index (χ1n) is 6.92. The number of sulfonamides is 1. The first kappa shape index (κ1) is 17.4. The topological polar surface area (TPSA) is 46.6 Å². The number of benzene rings is 2. The third-order valence-corrected chi connectivity index (χ3v) is 5.21. The highest BCUT2D eigenvalue weighted by Gasteiger charge is 2.22. The standard InChI is InChI=1S/C16H17F2NO3S/c1-12-5-3-4-6-16(12)22-10-9-19(2)23(20,21)13-7-8-14(17)15(18)11-13/h3-8,11H,9-10H2,1-2H3. The quantitative estimate of drug-likeness (QED) is 0.811. The van der Waals surface area contributed by atoms with Gasteiger partial charge in [0, 0.05) is 13.6 Å². The lowest BCUT2D eigenvalue weighted by Crippen LogP contribution is -2.31. The van der Waals surface area contributed by atoms with Crippen molar-refractivity contribution in [2.75, 3.05) is 20.2 Å². The average molecular weight is 341 g/mol. The molecule has 0 aliphatic rings. The number of hydrogen-bond donors (Lipinski definition) is 0. The smallest absolute Gasteiger partial charge is 0.243 e. The van der Waals surface area contributed by atoms with Crippen molar-refractivity contribution in [1.29, 1.82) is 0 Å². The van der Waals surface area contributed by atoms with Crippen molar-refractivity contribution in [2.24, 2.45) is 0 Å². The molecule has 0 N–H and O–H groups in total. The molecule has 7 heteroatoms. The lowest BCUT2D eigenvalue weighted by molar-refractivity contribution is 0.285. The summed E-state index contributed by atoms with van der Waals surface area (Å²) in [6.45, 7) is 2.11. The summed E-state index contributed by atoms with van der Waals surface area (Å²) in [4.78, 5) is -0.296. The Kier molecular flexibility index (Phi) is 5.33. The average Bonchev–Trinajstić information content (AvgIpc) is 2.51. The van der Waals surface area contributed by atoms with Gasteiger partial charge in [-0.25, -0.2) is 17.2 Å². The summed E-state index contributed by atoms with van der Waals surface area (Å²) in [7, 11) is -2.54. The zero-order valence-electron chi connectivity index (χ0n) is 12.8. The summed E-state index contributed by atoms with van der Waals surface area (Å²) in [5.41, 5.74) is 0.943. The molecule has 0 saturated carbocycles. The van der Waals surface area contributed by atoms with Crippen LogP contribution in [0.5, 0.6) is 5.75 Å². The zero-order chi connectivity index (χ0) is 17.0. The fraction of sp³-hybridized carbons (Fsp3) is 0.250. The van der Waals surface area contributed by atoms with Crippen molar-refractivity contribution in [1.82, 2.24) is 4.31 Å². The summed E-state index contributed by atoms with van der Waals surface area (Å²) >= 11 is 0. The van der Waals surface area contributed by atoms with Crippen LogP contribution in [0.3, 0.4) is 0 Å². The van der Waals surface area contributed by atoms with Gasteiger partial charge < -0.3 is 4.74 Å². The third kappa shape index (κ3) is 4.05. The zero-order valence-corrected chi connectivity index (χ0v) is 13.6. The molecule has 0 unspecified atom stereocenters. The van der Waals surface area contributed by atoms with Crippen LogP contribution in [-0.2, 0) is 10.0 Å². The minimum atomic E-state index is -3.90. The summed E-state index contributed by atoms with van der Waals surface area (Å²) in [6.07, 6.45) is 0. The number of para-hydroxylation sites is 1. The highest BCUT2D eigenvalue weighted by molar-refractivity contribution is 7.89. The summed E-state index contributed by atoms with van der Waals surface area (Å²) < 4.78 is 57.3. The second kappa shape index (κ2) is 7.06. The highest BCUT2D eigenvalue weighted by atomic mass is 32.2. The van der Waals surface area contributed by atoms with Gasteiger partial charge in [0.15, 0.2) is 11.6 Å². The molecule has 4 nitrogen and oxygen atoms in total. The maximum Gasteiger partial charge on any atom is 0.243 e. The molecule has 23 heavy (non-hydrogen) atoms. The molecule has 2 rings (SSSR count). The Hall–Kier alpha value is -1.99. The number of ether oxygens (including phenoxy) is 1. The third-order valence-electron chi connectivity index (χ3n) is 3.36. The fourth-order valence-corrected chi connectivity index (χ4v) is 3.11. The van der Waals surface area contributed by atoms with Gasteiger partial charge in [0.05, 0.1) is 4.90 Å². The minimum Gasteiger partial charge on any atom is -0.492 e. The Morgan fingerprint density at radius 2 is 1.78 bits per heavy atom. The first-order chi connectivity index (χ1) is 10.8. The molecule has 0 aromatic heterocycles. The van der Waals surface area contributed by atoms with Gasteiger partial charge in [-0.3, -0.25) is 0 Å². The van der Waals surface area contributed by atoms with Gasteiger partial charge in [-0.05, 0) is 36.8 Å². The van der Waals surface area contributed by atoms with Crippen molar-refractivity contribution in [2.45, 2.75) is 11.8 Å². The largest absolute Gasteiger partial charge is 0.492 e. The first-order valence-corrected chi connectivity index (χ1v) is 8.36. The van der Waals surface area contributed by atoms with E-state index < -0.39 is 21.7 Å². The number of nitrogens with zero attached hydrogens (tertiary/aromatic N) is 1. The van der Waals surface area contributed by atoms with E-state index in [1.807, 2.05) is 25.1 Å². The van der Waals surface area contributed by atoms with Crippen LogP contribution in [0.4, 0.5) is 8.78 Å². The van der Waals surface area contributed by atoms with Crippen molar-refractivity contribution < 1.29 is 21.9 Å². The molecule has 0 saturated heterocycles. The maximum atomic E-state index is 13.2. The monoisotopic (exact) mass is 341 g/mol. The van der Waals surface area contributed by atoms with Gasteiger partial charge in [0.1, 0.15) is 12.4 Å². The number of rotatable bonds is 6. The Balaban J connectivity index is 2.03. The van der Waals surface area contributed by atoms with E-state index in [1.54, 1.807) is 6.07 Å². The van der Waals surface area contributed by atoms with E-state index in [1.165, 1.54) is 7.05 Å². The van der Waals surface area contributed by atoms with Gasteiger partial charge in [0.2, 0.25) is 10.0 Å². The molecule has 0 fully saturated rings. The maximum absolute atomic E-state index is 13.2. The highest BCUT2D eigenvalue weighted by Crippen LogP contribution is 2.18. The van der Waals surface area contributed by atoms with Crippen LogP contribution in [0, 0.1) is 18.6 Å². The van der Waals surface area contributed by atoms with Crippen molar-refractivity contribution in [3.8, 4) is 5.75 Å². The van der Waals surface area contributed by atoms with Crippen LogP contribution >= 0.6 is 0 Å². The van der Waals surface area contributed by atoms with Gasteiger partial charge >= 0.3 is 0 Å². The summed E-state index contributed by atoms with van der Waals surface area (Å²) in [6, 6.07) is 9.87. The Labute approximate surface area is 134 Å². The van der Waals surface area contributed by atoms with E-state index in [4.69, 9.17) is 4.74 Å². The molecule has 2 aromatic rings. The predicted molar refractivity (Wildman–Crippen MR) is 82.8 cm³/mol. The minimum absolute atomic E-state index is 0.0790. The van der Waals surface area contributed by atoms with Crippen LogP contribution in [0.15, 0.2) is 47.4 Å². The van der Waals surface area contributed by atoms with E-state index in [0.29, 0.717) is 11.8 Å². The van der Waals surface area contributed by atoms with E-state index in [2.05, 4.69) is 0 Å². The second-order valence-corrected chi connectivity index (χ2v) is 7.06. The van der Waals surface area contributed by atoms with Gasteiger partial charge in [-0.15, -0.1) is 0 Å². The summed E-state index contributed by atoms with van der Waals surface area (Å²) in [5.74, 6) is -1.61. The summed E-state index contributed by atoms with van der Waals surface area (Å²) in [5, 5.41) is 0. The SMILES string of the molecule is Cc1ccccc1OCCN(C)S(=O)(=O)c1ccc(F)c(F)c1. The van der Waals surface area contributed by atoms with Crippen LogP contribution in [0.1, 0.15) is 5.56 Å². The van der Waals surface area contributed by atoms with Gasteiger partial charge in [-0.2, -0.15) is 4.31 Å². The molecule has 0 spiro atoms. The second-order valence-electron chi connectivity index (χ2n) is 5.02. The molecular weight excluding hydrogens is 324 g/mol. The van der Waals surface area contributed by atoms with E-state index >= 15 is 0 Å². The van der Waals surface area contributed by atoms with Gasteiger partial charge in [0.25, 0.3) is 0 Å². The molecule has 124 valence electrons. The van der Waals surface area contributed by atoms with Crippen LogP contribution in [0.2, 0.25) is 0 Å². The Bertz CT molecular complexity index is 794. The lowest BCUT2D eigenvalue weighted by atomic mass is 10.2. The molecular formula is C16H17F2NO3S. The van der Waals surface area contributed by atoms with Crippen molar-refractivity contribution >= 4 is 10.0 Å². The van der Waals surface area contributed by atoms with E-state index in [0.717, 1.165) is 22.0 Å². The number of aryl methyl sites for hydroxylation is 1. The number of likely N-dealkylation sites (N-methyl/N-ethyl adjacent to an activating group) is 1. The fourth-order valence-electron chi connectivity index (χ4n) is 1.94. The molecule has 0 aliphatic carbocycles. The van der Waals surface area contributed by atoms with Crippen LogP contribution in [-0.4, -0.2) is 32.9 Å². The Morgan fingerprint density at radius 1 is 1.09 bits per heavy atom.